The molecule has 1 aromatic rings. The Bertz CT molecular complexity index is 563. The minimum atomic E-state index is 0. The van der Waals surface area contributed by atoms with Gasteiger partial charge in [0, 0.05) is 26.7 Å². The van der Waals surface area contributed by atoms with E-state index in [9.17, 15) is 0 Å². The predicted molar refractivity (Wildman–Crippen MR) is 129 cm³/mol. The Kier molecular flexibility index (Phi) is 11.2. The van der Waals surface area contributed by atoms with Gasteiger partial charge in [-0.05, 0) is 76.0 Å². The molecule has 2 saturated heterocycles. The Morgan fingerprint density at radius 3 is 2.14 bits per heavy atom. The lowest BCUT2D eigenvalue weighted by Gasteiger charge is -2.26. The lowest BCUT2D eigenvalue weighted by atomic mass is 10.1. The van der Waals surface area contributed by atoms with Crippen molar-refractivity contribution in [1.29, 1.82) is 0 Å². The largest absolute Gasteiger partial charge is 0.356 e. The van der Waals surface area contributed by atoms with Gasteiger partial charge in [-0.2, -0.15) is 0 Å². The third-order valence-electron chi connectivity index (χ3n) is 5.70. The van der Waals surface area contributed by atoms with Crippen molar-refractivity contribution >= 4 is 29.9 Å². The van der Waals surface area contributed by atoms with Crippen LogP contribution in [0.15, 0.2) is 29.3 Å². The van der Waals surface area contributed by atoms with Crippen LogP contribution < -0.4 is 10.6 Å². The van der Waals surface area contributed by atoms with Gasteiger partial charge in [0.1, 0.15) is 0 Å². The highest BCUT2D eigenvalue weighted by atomic mass is 127. The highest BCUT2D eigenvalue weighted by Gasteiger charge is 2.11. The fraction of sp³-hybridized carbons (Fsp3) is 0.682. The van der Waals surface area contributed by atoms with E-state index in [1.165, 1.54) is 82.4 Å². The summed E-state index contributed by atoms with van der Waals surface area (Å²) in [7, 11) is 1.84. The molecule has 28 heavy (non-hydrogen) atoms. The molecule has 0 atom stereocenters. The average Bonchev–Trinajstić information content (AvgIpc) is 3.23. The van der Waals surface area contributed by atoms with Crippen LogP contribution in [0.4, 0.5) is 0 Å². The van der Waals surface area contributed by atoms with Crippen LogP contribution in [-0.2, 0) is 13.1 Å². The normalized spacial score (nSPS) is 18.7. The summed E-state index contributed by atoms with van der Waals surface area (Å²) in [6, 6.07) is 9.04. The molecule has 2 fully saturated rings. The third kappa shape index (κ3) is 8.25. The van der Waals surface area contributed by atoms with Crippen LogP contribution in [0.2, 0.25) is 0 Å². The summed E-state index contributed by atoms with van der Waals surface area (Å²) in [5, 5.41) is 6.86. The molecule has 158 valence electrons. The Balaban J connectivity index is 0.00000280. The van der Waals surface area contributed by atoms with E-state index in [0.717, 1.165) is 25.6 Å². The summed E-state index contributed by atoms with van der Waals surface area (Å²) in [5.74, 6) is 0.897. The van der Waals surface area contributed by atoms with Crippen molar-refractivity contribution in [1.82, 2.24) is 20.4 Å². The highest BCUT2D eigenvalue weighted by molar-refractivity contribution is 14.0. The minimum Gasteiger partial charge on any atom is -0.356 e. The maximum atomic E-state index is 4.34. The zero-order valence-electron chi connectivity index (χ0n) is 17.5. The zero-order chi connectivity index (χ0) is 18.7. The van der Waals surface area contributed by atoms with Gasteiger partial charge in [0.15, 0.2) is 5.96 Å². The summed E-state index contributed by atoms with van der Waals surface area (Å²) in [6.45, 7) is 9.14. The van der Waals surface area contributed by atoms with E-state index < -0.39 is 0 Å². The van der Waals surface area contributed by atoms with Gasteiger partial charge in [0.25, 0.3) is 0 Å². The quantitative estimate of drug-likeness (QED) is 0.249. The van der Waals surface area contributed by atoms with Crippen LogP contribution in [0, 0.1) is 0 Å². The molecule has 2 aliphatic heterocycles. The minimum absolute atomic E-state index is 0. The molecule has 0 aliphatic carbocycles. The van der Waals surface area contributed by atoms with E-state index in [1.807, 2.05) is 7.05 Å². The van der Waals surface area contributed by atoms with E-state index in [1.54, 1.807) is 0 Å². The second-order valence-electron chi connectivity index (χ2n) is 7.91. The van der Waals surface area contributed by atoms with E-state index in [-0.39, 0.29) is 24.0 Å². The fourth-order valence-corrected chi connectivity index (χ4v) is 4.06. The van der Waals surface area contributed by atoms with Gasteiger partial charge in [-0.25, -0.2) is 0 Å². The highest BCUT2D eigenvalue weighted by Crippen LogP contribution is 2.13. The second kappa shape index (κ2) is 13.4. The van der Waals surface area contributed by atoms with Gasteiger partial charge in [-0.3, -0.25) is 9.89 Å². The first-order chi connectivity index (χ1) is 13.3. The number of benzene rings is 1. The van der Waals surface area contributed by atoms with Crippen molar-refractivity contribution in [3.05, 3.63) is 35.4 Å². The van der Waals surface area contributed by atoms with Crippen LogP contribution in [0.25, 0.3) is 0 Å². The smallest absolute Gasteiger partial charge is 0.191 e. The van der Waals surface area contributed by atoms with Crippen LogP contribution >= 0.6 is 24.0 Å². The SMILES string of the molecule is CN=C(NCCCN1CCCC1)NCc1ccc(CN2CCCCC2)cc1.I. The molecular weight excluding hydrogens is 461 g/mol. The van der Waals surface area contributed by atoms with Crippen molar-refractivity contribution in [3.63, 3.8) is 0 Å². The molecule has 1 aromatic carbocycles. The molecule has 6 heteroatoms. The predicted octanol–water partition coefficient (Wildman–Crippen LogP) is 3.44. The molecule has 3 rings (SSSR count). The monoisotopic (exact) mass is 499 g/mol. The maximum absolute atomic E-state index is 4.34. The molecule has 0 unspecified atom stereocenters. The molecule has 0 radical (unpaired) electrons. The first-order valence-electron chi connectivity index (χ1n) is 10.8. The third-order valence-corrected chi connectivity index (χ3v) is 5.70. The lowest BCUT2D eigenvalue weighted by Crippen LogP contribution is -2.38. The van der Waals surface area contributed by atoms with Crippen molar-refractivity contribution in [2.45, 2.75) is 51.6 Å². The van der Waals surface area contributed by atoms with E-state index in [0.29, 0.717) is 0 Å². The van der Waals surface area contributed by atoms with Gasteiger partial charge >= 0.3 is 0 Å². The molecule has 0 saturated carbocycles. The number of rotatable bonds is 8. The molecule has 0 spiro atoms. The maximum Gasteiger partial charge on any atom is 0.191 e. The number of nitrogens with one attached hydrogen (secondary N) is 2. The molecule has 2 aliphatic rings. The van der Waals surface area contributed by atoms with Gasteiger partial charge in [-0.1, -0.05) is 30.7 Å². The molecule has 5 nitrogen and oxygen atoms in total. The van der Waals surface area contributed by atoms with Crippen molar-refractivity contribution in [3.8, 4) is 0 Å². The first-order valence-corrected chi connectivity index (χ1v) is 10.8. The molecule has 2 N–H and O–H groups in total. The number of halogens is 1. The number of hydrogen-bond donors (Lipinski definition) is 2. The number of aliphatic imine (C=N–C) groups is 1. The molecule has 0 amide bonds. The molecule has 0 bridgehead atoms. The summed E-state index contributed by atoms with van der Waals surface area (Å²) < 4.78 is 0. The molecular formula is C22H38IN5. The molecule has 0 aromatic heterocycles. The Hall–Kier alpha value is -0.860. The van der Waals surface area contributed by atoms with Crippen LogP contribution in [0.1, 0.15) is 49.7 Å². The standard InChI is InChI=1S/C22H37N5.HI/c1-23-22(24-12-7-17-26-13-5-6-14-26)25-18-20-8-10-21(11-9-20)19-27-15-3-2-4-16-27;/h8-11H,2-7,12-19H2,1H3,(H2,23,24,25);1H. The number of likely N-dealkylation sites (tertiary alicyclic amines) is 2. The summed E-state index contributed by atoms with van der Waals surface area (Å²) in [6.07, 6.45) is 8.01. The van der Waals surface area contributed by atoms with Crippen molar-refractivity contribution < 1.29 is 0 Å². The molecule has 2 heterocycles. The Morgan fingerprint density at radius 2 is 1.46 bits per heavy atom. The Morgan fingerprint density at radius 1 is 0.857 bits per heavy atom. The zero-order valence-corrected chi connectivity index (χ0v) is 19.8. The van der Waals surface area contributed by atoms with Gasteiger partial charge in [0.05, 0.1) is 0 Å². The van der Waals surface area contributed by atoms with Crippen LogP contribution in [0.5, 0.6) is 0 Å². The summed E-state index contributed by atoms with van der Waals surface area (Å²) in [5.41, 5.74) is 2.72. The van der Waals surface area contributed by atoms with Gasteiger partial charge in [-0.15, -0.1) is 24.0 Å². The number of hydrogen-bond acceptors (Lipinski definition) is 3. The fourth-order valence-electron chi connectivity index (χ4n) is 4.06. The lowest BCUT2D eigenvalue weighted by molar-refractivity contribution is 0.221. The van der Waals surface area contributed by atoms with Gasteiger partial charge in [0.2, 0.25) is 0 Å². The van der Waals surface area contributed by atoms with E-state index in [4.69, 9.17) is 0 Å². The van der Waals surface area contributed by atoms with E-state index in [2.05, 4.69) is 49.7 Å². The van der Waals surface area contributed by atoms with Gasteiger partial charge < -0.3 is 15.5 Å². The van der Waals surface area contributed by atoms with Crippen molar-refractivity contribution in [2.24, 2.45) is 4.99 Å². The van der Waals surface area contributed by atoms with Crippen LogP contribution in [0.3, 0.4) is 0 Å². The number of guanidine groups is 1. The summed E-state index contributed by atoms with van der Waals surface area (Å²) >= 11 is 0. The second-order valence-corrected chi connectivity index (χ2v) is 7.91. The van der Waals surface area contributed by atoms with Crippen LogP contribution in [-0.4, -0.2) is 62.1 Å². The number of piperidine rings is 1. The number of nitrogens with zero attached hydrogens (tertiary/aromatic N) is 3. The van der Waals surface area contributed by atoms with Crippen molar-refractivity contribution in [2.75, 3.05) is 46.3 Å². The average molecular weight is 499 g/mol. The first kappa shape index (κ1) is 23.4. The van der Waals surface area contributed by atoms with E-state index >= 15 is 0 Å². The Labute approximate surface area is 188 Å². The topological polar surface area (TPSA) is 42.9 Å². The summed E-state index contributed by atoms with van der Waals surface area (Å²) in [4.78, 5) is 9.47.